The minimum absolute atomic E-state index is 0.194. The van der Waals surface area contributed by atoms with Crippen molar-refractivity contribution in [3.05, 3.63) is 11.5 Å². The number of ether oxygens (including phenoxy) is 1. The summed E-state index contributed by atoms with van der Waals surface area (Å²) in [5.74, 6) is 0.478. The molecule has 0 saturated heterocycles. The van der Waals surface area contributed by atoms with Crippen molar-refractivity contribution in [2.75, 3.05) is 19.5 Å². The SMILES string of the molecule is COC(=O)C=CSCCCO. The van der Waals surface area contributed by atoms with Crippen LogP contribution in [0.15, 0.2) is 11.5 Å². The Morgan fingerprint density at radius 2 is 2.45 bits per heavy atom. The van der Waals surface area contributed by atoms with Crippen LogP contribution in [0.3, 0.4) is 0 Å². The van der Waals surface area contributed by atoms with Crippen molar-refractivity contribution in [3.8, 4) is 0 Å². The van der Waals surface area contributed by atoms with E-state index in [1.807, 2.05) is 0 Å². The smallest absolute Gasteiger partial charge is 0.330 e. The number of aliphatic hydroxyl groups is 1. The van der Waals surface area contributed by atoms with Crippen LogP contribution in [0.4, 0.5) is 0 Å². The van der Waals surface area contributed by atoms with Crippen molar-refractivity contribution < 1.29 is 14.6 Å². The van der Waals surface area contributed by atoms with Crippen LogP contribution in [0.25, 0.3) is 0 Å². The lowest BCUT2D eigenvalue weighted by molar-refractivity contribution is -0.134. The van der Waals surface area contributed by atoms with Gasteiger partial charge in [-0.3, -0.25) is 0 Å². The molecule has 3 nitrogen and oxygen atoms in total. The highest BCUT2D eigenvalue weighted by Crippen LogP contribution is 2.03. The molecule has 1 N–H and O–H groups in total. The average Bonchev–Trinajstić information content (AvgIpc) is 2.04. The Hall–Kier alpha value is -0.480. The first-order valence-corrected chi connectivity index (χ1v) is 4.33. The number of aliphatic hydroxyl groups excluding tert-OH is 1. The van der Waals surface area contributed by atoms with E-state index in [9.17, 15) is 4.79 Å². The first-order valence-electron chi connectivity index (χ1n) is 3.28. The quantitative estimate of drug-likeness (QED) is 0.382. The number of esters is 1. The Morgan fingerprint density at radius 1 is 1.73 bits per heavy atom. The van der Waals surface area contributed by atoms with Crippen LogP contribution in [0.5, 0.6) is 0 Å². The van der Waals surface area contributed by atoms with E-state index in [0.717, 1.165) is 12.2 Å². The van der Waals surface area contributed by atoms with Crippen molar-refractivity contribution in [2.24, 2.45) is 0 Å². The Kier molecular flexibility index (Phi) is 7.29. The van der Waals surface area contributed by atoms with Gasteiger partial charge in [-0.1, -0.05) is 0 Å². The summed E-state index contributed by atoms with van der Waals surface area (Å²) in [5.41, 5.74) is 0. The van der Waals surface area contributed by atoms with Gasteiger partial charge in [-0.05, 0) is 17.6 Å². The largest absolute Gasteiger partial charge is 0.466 e. The fourth-order valence-electron chi connectivity index (χ4n) is 0.388. The Balaban J connectivity index is 3.22. The summed E-state index contributed by atoms with van der Waals surface area (Å²) in [6.07, 6.45) is 2.11. The summed E-state index contributed by atoms with van der Waals surface area (Å²) in [5, 5.41) is 10.1. The van der Waals surface area contributed by atoms with Gasteiger partial charge in [0.2, 0.25) is 0 Å². The molecule has 0 aromatic carbocycles. The predicted molar refractivity (Wildman–Crippen MR) is 45.3 cm³/mol. The van der Waals surface area contributed by atoms with Gasteiger partial charge in [-0.2, -0.15) is 0 Å². The molecule has 0 heterocycles. The van der Waals surface area contributed by atoms with Crippen LogP contribution >= 0.6 is 11.8 Å². The van der Waals surface area contributed by atoms with Crippen molar-refractivity contribution in [1.29, 1.82) is 0 Å². The predicted octanol–water partition coefficient (Wildman–Crippen LogP) is 0.789. The maximum absolute atomic E-state index is 10.5. The second-order valence-corrected chi connectivity index (χ2v) is 2.79. The molecule has 0 spiro atoms. The third kappa shape index (κ3) is 7.42. The Bertz CT molecular complexity index is 134. The second-order valence-electron chi connectivity index (χ2n) is 1.77. The molecular formula is C7H12O3S. The van der Waals surface area contributed by atoms with E-state index in [0.29, 0.717) is 0 Å². The molecular weight excluding hydrogens is 164 g/mol. The van der Waals surface area contributed by atoms with E-state index in [2.05, 4.69) is 4.74 Å². The Labute approximate surface area is 70.4 Å². The summed E-state index contributed by atoms with van der Waals surface area (Å²) >= 11 is 1.48. The van der Waals surface area contributed by atoms with Crippen molar-refractivity contribution in [3.63, 3.8) is 0 Å². The standard InChI is InChI=1S/C7H12O3S/c1-10-7(9)3-6-11-5-2-4-8/h3,6,8H,2,4-5H2,1H3. The first kappa shape index (κ1) is 10.5. The summed E-state index contributed by atoms with van der Waals surface area (Å²) < 4.78 is 4.37. The highest BCUT2D eigenvalue weighted by atomic mass is 32.2. The summed E-state index contributed by atoms with van der Waals surface area (Å²) in [6.45, 7) is 0.194. The lowest BCUT2D eigenvalue weighted by atomic mass is 10.5. The zero-order valence-electron chi connectivity index (χ0n) is 6.45. The van der Waals surface area contributed by atoms with Crippen LogP contribution in [-0.4, -0.2) is 30.5 Å². The second kappa shape index (κ2) is 7.63. The van der Waals surface area contributed by atoms with Crippen LogP contribution < -0.4 is 0 Å². The minimum atomic E-state index is -0.346. The van der Waals surface area contributed by atoms with Gasteiger partial charge in [0.05, 0.1) is 7.11 Å². The highest BCUT2D eigenvalue weighted by molar-refractivity contribution is 8.02. The lowest BCUT2D eigenvalue weighted by Crippen LogP contribution is -1.92. The normalized spacial score (nSPS) is 10.4. The molecule has 0 rings (SSSR count). The van der Waals surface area contributed by atoms with Gasteiger partial charge in [0.15, 0.2) is 0 Å². The minimum Gasteiger partial charge on any atom is -0.466 e. The molecule has 64 valence electrons. The van der Waals surface area contributed by atoms with E-state index >= 15 is 0 Å². The summed E-state index contributed by atoms with van der Waals surface area (Å²) in [4.78, 5) is 10.5. The monoisotopic (exact) mass is 176 g/mol. The number of methoxy groups -OCH3 is 1. The molecule has 0 aliphatic carbocycles. The van der Waals surface area contributed by atoms with Crippen molar-refractivity contribution in [1.82, 2.24) is 0 Å². The molecule has 0 aliphatic heterocycles. The molecule has 11 heavy (non-hydrogen) atoms. The van der Waals surface area contributed by atoms with E-state index < -0.39 is 0 Å². The van der Waals surface area contributed by atoms with Gasteiger partial charge in [-0.15, -0.1) is 11.8 Å². The lowest BCUT2D eigenvalue weighted by Gasteiger charge is -1.91. The number of hydrogen-bond donors (Lipinski definition) is 1. The number of rotatable bonds is 5. The zero-order chi connectivity index (χ0) is 8.53. The molecule has 0 fully saturated rings. The van der Waals surface area contributed by atoms with Gasteiger partial charge < -0.3 is 9.84 Å². The maximum Gasteiger partial charge on any atom is 0.330 e. The topological polar surface area (TPSA) is 46.5 Å². The number of carbonyl (C=O) groups is 1. The molecule has 0 aliphatic rings. The molecule has 0 unspecified atom stereocenters. The van der Waals surface area contributed by atoms with Gasteiger partial charge in [-0.25, -0.2) is 4.79 Å². The Morgan fingerprint density at radius 3 is 3.00 bits per heavy atom. The van der Waals surface area contributed by atoms with Crippen LogP contribution in [0.2, 0.25) is 0 Å². The van der Waals surface area contributed by atoms with Crippen molar-refractivity contribution in [2.45, 2.75) is 6.42 Å². The van der Waals surface area contributed by atoms with E-state index in [1.165, 1.54) is 24.9 Å². The molecule has 0 atom stereocenters. The number of carbonyl (C=O) groups excluding carboxylic acids is 1. The van der Waals surface area contributed by atoms with E-state index in [1.54, 1.807) is 5.41 Å². The molecule has 0 radical (unpaired) electrons. The molecule has 0 aromatic heterocycles. The van der Waals surface area contributed by atoms with Gasteiger partial charge >= 0.3 is 5.97 Å². The van der Waals surface area contributed by atoms with Gasteiger partial charge in [0.25, 0.3) is 0 Å². The van der Waals surface area contributed by atoms with E-state index in [4.69, 9.17) is 5.11 Å². The molecule has 0 aromatic rings. The average molecular weight is 176 g/mol. The van der Waals surface area contributed by atoms with Crippen LogP contribution in [0.1, 0.15) is 6.42 Å². The number of thioether (sulfide) groups is 1. The third-order valence-corrected chi connectivity index (χ3v) is 1.77. The van der Waals surface area contributed by atoms with Gasteiger partial charge in [0.1, 0.15) is 0 Å². The molecule has 0 saturated carbocycles. The maximum atomic E-state index is 10.5. The third-order valence-electron chi connectivity index (χ3n) is 0.922. The van der Waals surface area contributed by atoms with Crippen LogP contribution in [-0.2, 0) is 9.53 Å². The van der Waals surface area contributed by atoms with E-state index in [-0.39, 0.29) is 12.6 Å². The summed E-state index contributed by atoms with van der Waals surface area (Å²) in [7, 11) is 1.34. The molecule has 0 bridgehead atoms. The molecule has 0 amide bonds. The number of hydrogen-bond acceptors (Lipinski definition) is 4. The fourth-order valence-corrected chi connectivity index (χ4v) is 1.03. The van der Waals surface area contributed by atoms with Crippen molar-refractivity contribution >= 4 is 17.7 Å². The van der Waals surface area contributed by atoms with Gasteiger partial charge in [0, 0.05) is 12.7 Å². The zero-order valence-corrected chi connectivity index (χ0v) is 7.26. The highest BCUT2D eigenvalue weighted by Gasteiger charge is 1.89. The summed E-state index contributed by atoms with van der Waals surface area (Å²) in [6, 6.07) is 0. The first-order chi connectivity index (χ1) is 5.31. The molecule has 4 heteroatoms. The van der Waals surface area contributed by atoms with Crippen LogP contribution in [0, 0.1) is 0 Å². The fraction of sp³-hybridized carbons (Fsp3) is 0.571.